The Kier molecular flexibility index (Phi) is 25.6. The number of carbonyl (C=O) groups excluding carboxylic acids is 4. The molecule has 111 heavy (non-hydrogen) atoms. The van der Waals surface area contributed by atoms with Gasteiger partial charge in [-0.05, 0) is 179 Å². The van der Waals surface area contributed by atoms with Crippen molar-refractivity contribution in [1.29, 1.82) is 0 Å². The van der Waals surface area contributed by atoms with Gasteiger partial charge in [0, 0.05) is 21.9 Å². The first-order chi connectivity index (χ1) is 52.8. The number of esters is 4. The van der Waals surface area contributed by atoms with Crippen LogP contribution in [-0.2, 0) is 72.0 Å². The third-order valence-electron chi connectivity index (χ3n) is 22.3. The molecular formula is C94H108CuN4O12. The monoisotopic (exact) mass is 1550 g/mol. The van der Waals surface area contributed by atoms with Gasteiger partial charge in [-0.15, -0.1) is 22.1 Å². The Balaban J connectivity index is 0.0000114. The summed E-state index contributed by atoms with van der Waals surface area (Å²) in [7, 11) is 0. The van der Waals surface area contributed by atoms with E-state index in [4.69, 9.17) is 57.8 Å². The van der Waals surface area contributed by atoms with E-state index in [0.717, 1.165) is 84.0 Å². The molecule has 0 amide bonds. The van der Waals surface area contributed by atoms with Crippen molar-refractivity contribution in [2.24, 2.45) is 59.2 Å². The first kappa shape index (κ1) is 81.1. The first-order valence-corrected chi connectivity index (χ1v) is 40.1. The van der Waals surface area contributed by atoms with Gasteiger partial charge in [-0.3, -0.25) is 9.59 Å². The molecule has 0 N–H and O–H groups in total. The summed E-state index contributed by atoms with van der Waals surface area (Å²) in [5, 5.41) is 3.13. The molecule has 0 saturated heterocycles. The van der Waals surface area contributed by atoms with Crippen LogP contribution in [0.4, 0.5) is 0 Å². The topological polar surface area (TPSA) is 196 Å². The number of ether oxygens (including phenoxy) is 8. The molecule has 5 heterocycles. The summed E-state index contributed by atoms with van der Waals surface area (Å²) < 4.78 is 53.4. The number of carbonyl (C=O) groups is 4. The molecule has 2 saturated carbocycles. The number of aromatic nitrogens is 4. The van der Waals surface area contributed by atoms with Gasteiger partial charge in [0.2, 0.25) is 0 Å². The molecule has 6 aromatic carbocycles. The van der Waals surface area contributed by atoms with Gasteiger partial charge < -0.3 is 47.9 Å². The van der Waals surface area contributed by atoms with Gasteiger partial charge in [-0.2, -0.15) is 0 Å². The normalized spacial score (nSPS) is 13.9. The minimum absolute atomic E-state index is 0. The molecule has 9 aromatic rings. The maximum absolute atomic E-state index is 14.5. The van der Waals surface area contributed by atoms with E-state index in [-0.39, 0.29) is 139 Å². The average molecular weight is 1550 g/mol. The number of hydrogen-bond acceptors (Lipinski definition) is 14. The molecule has 17 heteroatoms. The van der Waals surface area contributed by atoms with Crippen LogP contribution in [0.2, 0.25) is 0 Å². The SMILES string of the molecule is CC(C)C(Oc1ccc(COC(=O)c2ccc(COC(=O)C3CCCC3)cc2)c2c1-c1cc3[n-]c(cc4nc(cc5[n-]c(cc-2n1)c1c(OC(C(C)C)C(C)C)cccc51)-c1c(OC(C(C)C)C(C)C)ccc(COC(=O)c2ccc(COC(=O)C5CCCC5)cc2)c1-4)c1c(OC(C(C)C)C(C)C)cccc31)C(C)C.[Cu+2]. The molecular weight excluding hydrogens is 1440 g/mol. The summed E-state index contributed by atoms with van der Waals surface area (Å²) in [5.74, 6) is 2.00. The van der Waals surface area contributed by atoms with Gasteiger partial charge in [0.05, 0.1) is 56.9 Å². The second-order valence-corrected chi connectivity index (χ2v) is 33.4. The summed E-state index contributed by atoms with van der Waals surface area (Å²) in [6, 6.07) is 42.2. The van der Waals surface area contributed by atoms with Crippen molar-refractivity contribution < 1.29 is 74.1 Å². The zero-order valence-electron chi connectivity index (χ0n) is 67.3. The molecule has 2 aliphatic carbocycles. The molecule has 8 bridgehead atoms. The van der Waals surface area contributed by atoms with Crippen molar-refractivity contribution in [3.8, 4) is 68.0 Å². The van der Waals surface area contributed by atoms with E-state index in [1.165, 1.54) is 0 Å². The van der Waals surface area contributed by atoms with Crippen molar-refractivity contribution in [1.82, 2.24) is 19.9 Å². The predicted molar refractivity (Wildman–Crippen MR) is 434 cm³/mol. The van der Waals surface area contributed by atoms with E-state index >= 15 is 0 Å². The number of nitrogens with zero attached hydrogens (tertiary/aromatic N) is 4. The van der Waals surface area contributed by atoms with Gasteiger partial charge in [-0.1, -0.05) is 197 Å². The number of fused-ring (bicyclic) bond motifs is 20. The second-order valence-electron chi connectivity index (χ2n) is 33.4. The summed E-state index contributed by atoms with van der Waals surface area (Å²) >= 11 is 0. The Morgan fingerprint density at radius 3 is 0.982 bits per heavy atom. The van der Waals surface area contributed by atoms with E-state index in [1.807, 2.05) is 72.8 Å². The maximum Gasteiger partial charge on any atom is 2.00 e. The van der Waals surface area contributed by atoms with Gasteiger partial charge in [0.25, 0.3) is 0 Å². The van der Waals surface area contributed by atoms with Crippen LogP contribution in [0.15, 0.2) is 133 Å². The minimum Gasteiger partial charge on any atom is -0.657 e. The minimum atomic E-state index is -0.531. The third kappa shape index (κ3) is 17.8. The predicted octanol–water partition coefficient (Wildman–Crippen LogP) is 22.0. The van der Waals surface area contributed by atoms with Crippen LogP contribution in [-0.4, -0.2) is 58.3 Å². The van der Waals surface area contributed by atoms with Crippen LogP contribution in [0.3, 0.4) is 0 Å². The Labute approximate surface area is 664 Å². The smallest absolute Gasteiger partial charge is 0.657 e. The van der Waals surface area contributed by atoms with Gasteiger partial charge >= 0.3 is 40.9 Å². The average Bonchev–Trinajstić information content (AvgIpc) is 1.58. The van der Waals surface area contributed by atoms with Gasteiger partial charge in [0.1, 0.15) is 73.8 Å². The zero-order valence-corrected chi connectivity index (χ0v) is 68.2. The Hall–Kier alpha value is -9.44. The van der Waals surface area contributed by atoms with Gasteiger partial charge in [0.15, 0.2) is 0 Å². The molecule has 4 aliphatic rings. The second kappa shape index (κ2) is 35.1. The quantitative estimate of drug-likeness (QED) is 0.0255. The van der Waals surface area contributed by atoms with Crippen LogP contribution in [0, 0.1) is 59.2 Å². The van der Waals surface area contributed by atoms with Crippen molar-refractivity contribution in [2.45, 2.75) is 213 Å². The molecule has 16 nitrogen and oxygen atoms in total. The van der Waals surface area contributed by atoms with E-state index in [0.29, 0.717) is 112 Å². The third-order valence-corrected chi connectivity index (χ3v) is 22.3. The standard InChI is InChI=1S/C94H108N4O12.Cu/c1-51(2)87(52(3)4)107-77-29-21-27-67-69-43-75-85-79(109-89(55(9)10)56(11)12)42-40-66(50-106-94(102)64-37-33-60(34-38-64)48-104-92(100)62-25-19-20-26-62)82(85)72(98-75)46-74-84-68(28-22-30-78(84)108-88(53(5)6)54(7)8)70(96-74)44-76-86-80(110-90(57(13)14)58(15)16)41-39-65(81(86)71(97-76)45-73(95-69)83(67)77)49-105-93(101)63-35-31-59(32-36-63)47-103-91(99)61-23-17-18-24-61;/h21-22,27-46,51-58,61-62,87-90H,17-20,23-26,47-50H2,1-16H3;/q-2;+2. The zero-order chi connectivity index (χ0) is 77.9. The van der Waals surface area contributed by atoms with Crippen molar-refractivity contribution in [2.75, 3.05) is 0 Å². The molecule has 2 fully saturated rings. The fraction of sp³-hybridized carbons (Fsp3) is 0.447. The van der Waals surface area contributed by atoms with E-state index in [9.17, 15) is 19.2 Å². The summed E-state index contributed by atoms with van der Waals surface area (Å²) in [6.07, 6.45) is 6.74. The maximum atomic E-state index is 14.5. The molecule has 2 aliphatic heterocycles. The van der Waals surface area contributed by atoms with Gasteiger partial charge in [-0.25, -0.2) is 19.6 Å². The summed E-state index contributed by atoms with van der Waals surface area (Å²) in [4.78, 5) is 77.5. The fourth-order valence-corrected chi connectivity index (χ4v) is 16.9. The Morgan fingerprint density at radius 2 is 0.658 bits per heavy atom. The van der Waals surface area contributed by atoms with Crippen LogP contribution in [0.1, 0.15) is 205 Å². The van der Waals surface area contributed by atoms with Crippen LogP contribution in [0.5, 0.6) is 23.0 Å². The van der Waals surface area contributed by atoms with Crippen molar-refractivity contribution in [3.05, 3.63) is 167 Å². The van der Waals surface area contributed by atoms with Crippen molar-refractivity contribution >= 4 is 67.5 Å². The van der Waals surface area contributed by atoms with Crippen LogP contribution in [0.25, 0.3) is 88.6 Å². The number of rotatable bonds is 28. The van der Waals surface area contributed by atoms with E-state index in [1.54, 1.807) is 48.5 Å². The first-order valence-electron chi connectivity index (χ1n) is 40.1. The van der Waals surface area contributed by atoms with Crippen LogP contribution >= 0.6 is 0 Å². The number of benzene rings is 6. The fourth-order valence-electron chi connectivity index (χ4n) is 16.9. The Morgan fingerprint density at radius 1 is 0.351 bits per heavy atom. The Bertz CT molecular complexity index is 4690. The molecule has 0 unspecified atom stereocenters. The largest absolute Gasteiger partial charge is 2.00 e. The molecule has 13 rings (SSSR count). The molecule has 0 atom stereocenters. The van der Waals surface area contributed by atoms with E-state index in [2.05, 4.69) is 123 Å². The molecule has 587 valence electrons. The van der Waals surface area contributed by atoms with Crippen molar-refractivity contribution in [3.63, 3.8) is 0 Å². The van der Waals surface area contributed by atoms with E-state index < -0.39 is 11.9 Å². The summed E-state index contributed by atoms with van der Waals surface area (Å²) in [6.45, 7) is 34.8. The van der Waals surface area contributed by atoms with Crippen LogP contribution < -0.4 is 28.9 Å². The number of hydrogen-bond donors (Lipinski definition) is 0. The molecule has 0 spiro atoms. The molecule has 3 aromatic heterocycles. The summed E-state index contributed by atoms with van der Waals surface area (Å²) in [5.41, 5.74) is 10.9. The molecule has 1 radical (unpaired) electrons.